The van der Waals surface area contributed by atoms with Crippen molar-refractivity contribution < 1.29 is 32.5 Å². The van der Waals surface area contributed by atoms with Crippen LogP contribution in [0.25, 0.3) is 0 Å². The quantitative estimate of drug-likeness (QED) is 0.848. The molecule has 1 fully saturated rings. The number of carboxylic acids is 1. The Morgan fingerprint density at radius 3 is 2.50 bits per heavy atom. The number of anilines is 1. The molecule has 0 atom stereocenters. The number of aromatic nitrogens is 1. The number of benzene rings is 1. The molecular weight excluding hydrogens is 373 g/mol. The third-order valence-electron chi connectivity index (χ3n) is 3.69. The van der Waals surface area contributed by atoms with E-state index in [-0.39, 0.29) is 17.0 Å². The molecular formula is C16H15F3N2O4S. The van der Waals surface area contributed by atoms with Crippen molar-refractivity contribution in [2.24, 2.45) is 0 Å². The number of halogens is 3. The smallest absolute Gasteiger partial charge is 0.477 e. The molecule has 0 unspecified atom stereocenters. The van der Waals surface area contributed by atoms with E-state index in [4.69, 9.17) is 4.74 Å². The van der Waals surface area contributed by atoms with Crippen LogP contribution in [0.1, 0.15) is 20.9 Å². The highest BCUT2D eigenvalue weighted by Crippen LogP contribution is 2.29. The van der Waals surface area contributed by atoms with E-state index in [0.29, 0.717) is 42.7 Å². The van der Waals surface area contributed by atoms with Crippen molar-refractivity contribution in [1.29, 1.82) is 0 Å². The minimum atomic E-state index is -4.75. The number of carboxylic acid groups (broad SMARTS) is 1. The highest BCUT2D eigenvalue weighted by Gasteiger charge is 2.31. The zero-order chi connectivity index (χ0) is 18.7. The summed E-state index contributed by atoms with van der Waals surface area (Å²) >= 11 is 1.09. The number of thiazole rings is 1. The van der Waals surface area contributed by atoms with Gasteiger partial charge in [0.2, 0.25) is 0 Å². The highest BCUT2D eigenvalue weighted by atomic mass is 32.1. The summed E-state index contributed by atoms with van der Waals surface area (Å²) in [5, 5.41) is 10.0. The number of nitrogens with zero attached hydrogens (tertiary/aromatic N) is 2. The lowest BCUT2D eigenvalue weighted by atomic mass is 10.1. The van der Waals surface area contributed by atoms with Crippen molar-refractivity contribution in [2.75, 3.05) is 31.2 Å². The molecule has 10 heteroatoms. The van der Waals surface area contributed by atoms with E-state index < -0.39 is 12.3 Å². The number of alkyl halides is 3. The lowest BCUT2D eigenvalue weighted by Crippen LogP contribution is -2.36. The van der Waals surface area contributed by atoms with Gasteiger partial charge in [-0.25, -0.2) is 9.78 Å². The second kappa shape index (κ2) is 7.50. The molecule has 2 heterocycles. The van der Waals surface area contributed by atoms with E-state index in [1.165, 1.54) is 24.3 Å². The molecule has 26 heavy (non-hydrogen) atoms. The van der Waals surface area contributed by atoms with Crippen LogP contribution in [-0.2, 0) is 11.2 Å². The van der Waals surface area contributed by atoms with Crippen molar-refractivity contribution in [3.8, 4) is 5.75 Å². The van der Waals surface area contributed by atoms with Crippen molar-refractivity contribution in [1.82, 2.24) is 4.98 Å². The minimum Gasteiger partial charge on any atom is -0.477 e. The molecule has 1 aromatic carbocycles. The molecule has 140 valence electrons. The molecule has 2 aromatic rings. The van der Waals surface area contributed by atoms with Gasteiger partial charge in [0, 0.05) is 19.5 Å². The number of rotatable bonds is 5. The Bertz CT molecular complexity index is 771. The fourth-order valence-electron chi connectivity index (χ4n) is 2.52. The van der Waals surface area contributed by atoms with Crippen molar-refractivity contribution in [2.45, 2.75) is 12.8 Å². The van der Waals surface area contributed by atoms with Crippen LogP contribution in [0.15, 0.2) is 24.3 Å². The summed E-state index contributed by atoms with van der Waals surface area (Å²) in [6.45, 7) is 2.38. The highest BCUT2D eigenvalue weighted by molar-refractivity contribution is 7.17. The van der Waals surface area contributed by atoms with Gasteiger partial charge in [0.25, 0.3) is 0 Å². The third kappa shape index (κ3) is 4.64. The van der Waals surface area contributed by atoms with E-state index in [2.05, 4.69) is 9.72 Å². The molecule has 3 rings (SSSR count). The number of hydrogen-bond donors (Lipinski definition) is 1. The van der Waals surface area contributed by atoms with E-state index in [1.54, 1.807) is 0 Å². The van der Waals surface area contributed by atoms with Crippen LogP contribution < -0.4 is 9.64 Å². The maximum absolute atomic E-state index is 12.2. The van der Waals surface area contributed by atoms with Gasteiger partial charge in [-0.2, -0.15) is 0 Å². The minimum absolute atomic E-state index is 0.127. The summed E-state index contributed by atoms with van der Waals surface area (Å²) in [7, 11) is 0. The number of morpholine rings is 1. The van der Waals surface area contributed by atoms with Gasteiger partial charge < -0.3 is 19.5 Å². The van der Waals surface area contributed by atoms with Gasteiger partial charge in [-0.1, -0.05) is 23.5 Å². The Kier molecular flexibility index (Phi) is 5.33. The van der Waals surface area contributed by atoms with E-state index in [0.717, 1.165) is 11.3 Å². The second-order valence-electron chi connectivity index (χ2n) is 5.55. The van der Waals surface area contributed by atoms with Gasteiger partial charge in [-0.3, -0.25) is 0 Å². The van der Waals surface area contributed by atoms with Crippen LogP contribution in [0.5, 0.6) is 5.75 Å². The SMILES string of the molecule is O=C(O)c1sc(N2CCOCC2)nc1Cc1ccc(OC(F)(F)F)cc1. The third-order valence-corrected chi connectivity index (χ3v) is 4.84. The molecule has 0 saturated carbocycles. The summed E-state index contributed by atoms with van der Waals surface area (Å²) in [4.78, 5) is 18.0. The van der Waals surface area contributed by atoms with Gasteiger partial charge in [0.15, 0.2) is 5.13 Å². The molecule has 1 aliphatic heterocycles. The van der Waals surface area contributed by atoms with Crippen LogP contribution >= 0.6 is 11.3 Å². The first-order valence-corrected chi connectivity index (χ1v) is 8.54. The topological polar surface area (TPSA) is 71.9 Å². The van der Waals surface area contributed by atoms with Gasteiger partial charge in [-0.15, -0.1) is 13.2 Å². The average Bonchev–Trinajstić information content (AvgIpc) is 3.00. The number of aromatic carboxylic acids is 1. The molecule has 0 amide bonds. The van der Waals surface area contributed by atoms with Crippen LogP contribution in [0.4, 0.5) is 18.3 Å². The molecule has 0 bridgehead atoms. The van der Waals surface area contributed by atoms with Crippen LogP contribution in [0.2, 0.25) is 0 Å². The van der Waals surface area contributed by atoms with Crippen LogP contribution in [0, 0.1) is 0 Å². The van der Waals surface area contributed by atoms with E-state index in [9.17, 15) is 23.1 Å². The summed E-state index contributed by atoms with van der Waals surface area (Å²) in [6.07, 6.45) is -4.55. The van der Waals surface area contributed by atoms with Gasteiger partial charge >= 0.3 is 12.3 Å². The second-order valence-corrected chi connectivity index (χ2v) is 6.52. The molecule has 0 radical (unpaired) electrons. The Balaban J connectivity index is 1.78. The summed E-state index contributed by atoms with van der Waals surface area (Å²) in [5.41, 5.74) is 1.02. The molecule has 0 spiro atoms. The summed E-state index contributed by atoms with van der Waals surface area (Å²) in [5.74, 6) is -1.40. The maximum atomic E-state index is 12.2. The zero-order valence-electron chi connectivity index (χ0n) is 13.5. The maximum Gasteiger partial charge on any atom is 0.573 e. The zero-order valence-corrected chi connectivity index (χ0v) is 14.3. The molecule has 1 aliphatic rings. The first-order chi connectivity index (χ1) is 12.3. The number of ether oxygens (including phenoxy) is 2. The largest absolute Gasteiger partial charge is 0.573 e. The van der Waals surface area contributed by atoms with Crippen LogP contribution in [-0.4, -0.2) is 48.7 Å². The lowest BCUT2D eigenvalue weighted by molar-refractivity contribution is -0.274. The van der Waals surface area contributed by atoms with Crippen LogP contribution in [0.3, 0.4) is 0 Å². The van der Waals surface area contributed by atoms with Crippen molar-refractivity contribution in [3.05, 3.63) is 40.4 Å². The summed E-state index contributed by atoms with van der Waals surface area (Å²) < 4.78 is 45.7. The Morgan fingerprint density at radius 1 is 1.27 bits per heavy atom. The molecule has 1 N–H and O–H groups in total. The normalized spacial score (nSPS) is 15.1. The lowest BCUT2D eigenvalue weighted by Gasteiger charge is -2.26. The first kappa shape index (κ1) is 18.5. The summed E-state index contributed by atoms with van der Waals surface area (Å²) in [6, 6.07) is 5.30. The number of carbonyl (C=O) groups is 1. The van der Waals surface area contributed by atoms with Gasteiger partial charge in [0.1, 0.15) is 10.6 Å². The molecule has 1 saturated heterocycles. The standard InChI is InChI=1S/C16H15F3N2O4S/c17-16(18,19)25-11-3-1-10(2-4-11)9-12-13(14(22)23)26-15(20-12)21-5-7-24-8-6-21/h1-4H,5-9H2,(H,22,23). The van der Waals surface area contributed by atoms with E-state index in [1.807, 2.05) is 4.90 Å². The Labute approximate surface area is 150 Å². The predicted molar refractivity (Wildman–Crippen MR) is 88.0 cm³/mol. The fraction of sp³-hybridized carbons (Fsp3) is 0.375. The molecule has 1 aromatic heterocycles. The van der Waals surface area contributed by atoms with Crippen molar-refractivity contribution >= 4 is 22.4 Å². The fourth-order valence-corrected chi connectivity index (χ4v) is 3.49. The molecule has 6 nitrogen and oxygen atoms in total. The average molecular weight is 388 g/mol. The Hall–Kier alpha value is -2.33. The van der Waals surface area contributed by atoms with Crippen molar-refractivity contribution in [3.63, 3.8) is 0 Å². The Morgan fingerprint density at radius 2 is 1.92 bits per heavy atom. The first-order valence-electron chi connectivity index (χ1n) is 7.72. The van der Waals surface area contributed by atoms with E-state index >= 15 is 0 Å². The van der Waals surface area contributed by atoms with Gasteiger partial charge in [0.05, 0.1) is 18.9 Å². The number of hydrogen-bond acceptors (Lipinski definition) is 6. The van der Waals surface area contributed by atoms with Gasteiger partial charge in [-0.05, 0) is 17.7 Å². The monoisotopic (exact) mass is 388 g/mol. The molecule has 0 aliphatic carbocycles. The predicted octanol–water partition coefficient (Wildman–Crippen LogP) is 3.17.